The summed E-state index contributed by atoms with van der Waals surface area (Å²) in [6.45, 7) is 0. The summed E-state index contributed by atoms with van der Waals surface area (Å²) in [6.07, 6.45) is 0. The Bertz CT molecular complexity index is 152. The van der Waals surface area contributed by atoms with Crippen molar-refractivity contribution >= 4 is 15.6 Å². The topological polar surface area (TPSA) is 127 Å². The van der Waals surface area contributed by atoms with E-state index in [0.717, 1.165) is 0 Å². The van der Waals surface area contributed by atoms with Crippen LogP contribution in [0.2, 0.25) is 0 Å². The van der Waals surface area contributed by atoms with E-state index in [1.807, 2.05) is 0 Å². The first kappa shape index (κ1) is 14.8. The Morgan fingerprint density at radius 1 is 1.20 bits per heavy atom. The average molecular weight is 310 g/mol. The van der Waals surface area contributed by atoms with Gasteiger partial charge in [-0.2, -0.15) is 0 Å². The number of hydrogen-bond donors (Lipinski definition) is 3. The Hall–Kier alpha value is 2.31. The van der Waals surface area contributed by atoms with Gasteiger partial charge in [0.25, 0.3) is 7.82 Å². The molecule has 0 radical (unpaired) electrons. The fraction of sp³-hybridized carbons (Fsp3) is 0. The van der Waals surface area contributed by atoms with Gasteiger partial charge in [0, 0.05) is 0 Å². The molecule has 10 heavy (non-hydrogen) atoms. The quantitative estimate of drug-likeness (QED) is 0.439. The van der Waals surface area contributed by atoms with Gasteiger partial charge in [-0.05, 0) is 0 Å². The molecular formula is H3CsO7P2. The van der Waals surface area contributed by atoms with Crippen molar-refractivity contribution in [1.82, 2.24) is 0 Å². The fourth-order valence-electron chi connectivity index (χ4n) is 0.134. The molecule has 0 rings (SSSR count). The third kappa shape index (κ3) is 12.9. The second-order valence-electron chi connectivity index (χ2n) is 1.04. The van der Waals surface area contributed by atoms with E-state index >= 15 is 0 Å². The van der Waals surface area contributed by atoms with Crippen LogP contribution in [0.15, 0.2) is 0 Å². The summed E-state index contributed by atoms with van der Waals surface area (Å²) >= 11 is 0. The van der Waals surface area contributed by atoms with E-state index in [4.69, 9.17) is 14.7 Å². The molecule has 0 spiro atoms. The zero-order valence-corrected chi connectivity index (χ0v) is 12.9. The second kappa shape index (κ2) is 5.13. The summed E-state index contributed by atoms with van der Waals surface area (Å²) in [5, 5.41) is 0. The molecule has 56 valence electrons. The Labute approximate surface area is 115 Å². The van der Waals surface area contributed by atoms with E-state index in [0.29, 0.717) is 0 Å². The number of hydrogen-bond acceptors (Lipinski definition) is 4. The minimum Gasteiger partial charge on any atom is -0.756 e. The molecule has 3 N–H and O–H groups in total. The van der Waals surface area contributed by atoms with Gasteiger partial charge in [-0.3, -0.25) is 4.57 Å². The molecule has 0 amide bonds. The van der Waals surface area contributed by atoms with Crippen LogP contribution in [0.4, 0.5) is 0 Å². The summed E-state index contributed by atoms with van der Waals surface area (Å²) in [4.78, 5) is 32.6. The molecule has 0 fully saturated rings. The molecule has 0 aromatic carbocycles. The van der Waals surface area contributed by atoms with Gasteiger partial charge in [0.1, 0.15) is 0 Å². The molecule has 0 heterocycles. The molecule has 7 nitrogen and oxygen atoms in total. The molecular weight excluding hydrogens is 307 g/mol. The SMILES string of the molecule is O=P([O-])(O)OP(=O)(O)O.[Cs+]. The average Bonchev–Trinajstić information content (AvgIpc) is 1.14. The van der Waals surface area contributed by atoms with Crippen molar-refractivity contribution in [2.75, 3.05) is 0 Å². The number of rotatable bonds is 2. The normalized spacial score (nSPS) is 17.2. The predicted octanol–water partition coefficient (Wildman–Crippen LogP) is -4.44. The maximum atomic E-state index is 9.59. The van der Waals surface area contributed by atoms with Gasteiger partial charge >= 0.3 is 76.7 Å². The predicted molar refractivity (Wildman–Crippen MR) is 23.0 cm³/mol. The Morgan fingerprint density at radius 3 is 1.50 bits per heavy atom. The van der Waals surface area contributed by atoms with Gasteiger partial charge in [0.05, 0.1) is 0 Å². The van der Waals surface area contributed by atoms with Crippen molar-refractivity contribution in [1.29, 1.82) is 0 Å². The van der Waals surface area contributed by atoms with Crippen molar-refractivity contribution in [3.05, 3.63) is 0 Å². The third-order valence-corrected chi connectivity index (χ3v) is 1.89. The minimum absolute atomic E-state index is 0. The van der Waals surface area contributed by atoms with Gasteiger partial charge in [0.2, 0.25) is 0 Å². The molecule has 10 heteroatoms. The first-order valence-corrected chi connectivity index (χ1v) is 4.54. The van der Waals surface area contributed by atoms with Crippen molar-refractivity contribution in [3.8, 4) is 0 Å². The van der Waals surface area contributed by atoms with Crippen molar-refractivity contribution in [2.24, 2.45) is 0 Å². The van der Waals surface area contributed by atoms with E-state index in [-0.39, 0.29) is 68.9 Å². The largest absolute Gasteiger partial charge is 1.00 e. The van der Waals surface area contributed by atoms with Crippen LogP contribution in [-0.4, -0.2) is 14.7 Å². The first-order valence-electron chi connectivity index (χ1n) is 1.51. The molecule has 1 atom stereocenters. The smallest absolute Gasteiger partial charge is 0.756 e. The molecule has 0 aliphatic heterocycles. The van der Waals surface area contributed by atoms with E-state index in [1.165, 1.54) is 0 Å². The van der Waals surface area contributed by atoms with E-state index in [1.54, 1.807) is 0 Å². The molecule has 0 saturated heterocycles. The van der Waals surface area contributed by atoms with Crippen LogP contribution in [0, 0.1) is 0 Å². The summed E-state index contributed by atoms with van der Waals surface area (Å²) in [6, 6.07) is 0. The molecule has 0 aliphatic carbocycles. The third-order valence-electron chi connectivity index (χ3n) is 0.210. The summed E-state index contributed by atoms with van der Waals surface area (Å²) in [7, 11) is -10.4. The summed E-state index contributed by atoms with van der Waals surface area (Å²) in [5.74, 6) is 0. The number of phosphoric acid groups is 2. The maximum absolute atomic E-state index is 9.59. The van der Waals surface area contributed by atoms with Crippen LogP contribution in [-0.2, 0) is 13.4 Å². The Kier molecular flexibility index (Phi) is 7.60. The molecule has 0 aliphatic rings. The molecule has 0 aromatic heterocycles. The standard InChI is InChI=1S/Cs.H4O7P2/c;1-8(2,3)7-9(4,5)6/h;(H2,1,2,3)(H2,4,5,6)/q+1;/p-1. The van der Waals surface area contributed by atoms with Gasteiger partial charge in [-0.25, -0.2) is 8.88 Å². The first-order chi connectivity index (χ1) is 3.71. The van der Waals surface area contributed by atoms with Crippen LogP contribution >= 0.6 is 15.6 Å². The van der Waals surface area contributed by atoms with Gasteiger partial charge in [0.15, 0.2) is 0 Å². The van der Waals surface area contributed by atoms with Crippen molar-refractivity contribution in [3.63, 3.8) is 0 Å². The monoisotopic (exact) mass is 310 g/mol. The molecule has 1 unspecified atom stereocenters. The second-order valence-corrected chi connectivity index (χ2v) is 3.61. The van der Waals surface area contributed by atoms with Crippen LogP contribution in [0.1, 0.15) is 0 Å². The van der Waals surface area contributed by atoms with Crippen LogP contribution in [0.25, 0.3) is 0 Å². The minimum atomic E-state index is -5.30. The van der Waals surface area contributed by atoms with Crippen LogP contribution in [0.3, 0.4) is 0 Å². The fourth-order valence-corrected chi connectivity index (χ4v) is 1.21. The Morgan fingerprint density at radius 2 is 1.50 bits per heavy atom. The van der Waals surface area contributed by atoms with Crippen molar-refractivity contribution < 1.29 is 102 Å². The van der Waals surface area contributed by atoms with E-state index < -0.39 is 15.6 Å². The molecule has 0 saturated carbocycles. The summed E-state index contributed by atoms with van der Waals surface area (Å²) < 4.78 is 21.9. The zero-order chi connectivity index (χ0) is 7.71. The van der Waals surface area contributed by atoms with Gasteiger partial charge < -0.3 is 19.6 Å². The van der Waals surface area contributed by atoms with Crippen LogP contribution < -0.4 is 73.8 Å². The molecule has 0 bridgehead atoms. The zero-order valence-electron chi connectivity index (χ0n) is 4.87. The summed E-state index contributed by atoms with van der Waals surface area (Å²) in [5.41, 5.74) is 0. The van der Waals surface area contributed by atoms with E-state index in [2.05, 4.69) is 4.31 Å². The van der Waals surface area contributed by atoms with Gasteiger partial charge in [-0.1, -0.05) is 0 Å². The maximum Gasteiger partial charge on any atom is 1.00 e. The van der Waals surface area contributed by atoms with Gasteiger partial charge in [-0.15, -0.1) is 0 Å². The Balaban J connectivity index is 0. The van der Waals surface area contributed by atoms with E-state index in [9.17, 15) is 14.0 Å². The van der Waals surface area contributed by atoms with Crippen molar-refractivity contribution in [2.45, 2.75) is 0 Å². The molecule has 0 aromatic rings. The van der Waals surface area contributed by atoms with Crippen LogP contribution in [0.5, 0.6) is 0 Å².